The Balaban J connectivity index is 1.74. The zero-order chi connectivity index (χ0) is 24.0. The lowest BCUT2D eigenvalue weighted by atomic mass is 10.0. The van der Waals surface area contributed by atoms with Crippen LogP contribution in [0.5, 0.6) is 0 Å². The predicted octanol–water partition coefficient (Wildman–Crippen LogP) is 3.61. The number of fused-ring (bicyclic) bond motifs is 1. The quantitative estimate of drug-likeness (QED) is 0.464. The number of anilines is 1. The number of nitrogens with zero attached hydrogens (tertiary/aromatic N) is 2. The summed E-state index contributed by atoms with van der Waals surface area (Å²) in [4.78, 5) is 18.9. The van der Waals surface area contributed by atoms with Crippen molar-refractivity contribution in [3.63, 3.8) is 0 Å². The van der Waals surface area contributed by atoms with Crippen molar-refractivity contribution in [2.45, 2.75) is 26.9 Å². The summed E-state index contributed by atoms with van der Waals surface area (Å²) >= 11 is 6.15. The number of likely N-dealkylation sites (N-methyl/N-ethyl adjacent to an activating group) is 1. The summed E-state index contributed by atoms with van der Waals surface area (Å²) < 4.78 is 0. The van der Waals surface area contributed by atoms with Crippen molar-refractivity contribution in [2.24, 2.45) is 0 Å². The Hall–Kier alpha value is -3.11. The van der Waals surface area contributed by atoms with Crippen LogP contribution in [-0.2, 0) is 0 Å². The van der Waals surface area contributed by atoms with Crippen molar-refractivity contribution in [3.05, 3.63) is 69.9 Å². The minimum Gasteiger partial charge on any atom is -0.390 e. The highest BCUT2D eigenvalue weighted by Crippen LogP contribution is 2.25. The number of halogens is 1. The van der Waals surface area contributed by atoms with Gasteiger partial charge in [0, 0.05) is 46.2 Å². The van der Waals surface area contributed by atoms with Crippen LogP contribution in [0, 0.1) is 18.8 Å². The molecule has 0 radical (unpaired) electrons. The molecule has 4 N–H and O–H groups in total. The molecule has 33 heavy (non-hydrogen) atoms. The van der Waals surface area contributed by atoms with Crippen LogP contribution in [0.15, 0.2) is 42.6 Å². The van der Waals surface area contributed by atoms with Crippen molar-refractivity contribution in [1.82, 2.24) is 15.2 Å². The number of nitrogen functional groups attached to an aromatic ring is 1. The predicted molar refractivity (Wildman–Crippen MR) is 134 cm³/mol. The lowest BCUT2D eigenvalue weighted by Gasteiger charge is -2.22. The van der Waals surface area contributed by atoms with Gasteiger partial charge in [0.05, 0.1) is 11.7 Å². The molecular formula is C26H29ClN4O2. The van der Waals surface area contributed by atoms with E-state index in [1.165, 1.54) is 0 Å². The van der Waals surface area contributed by atoms with E-state index in [9.17, 15) is 9.90 Å². The molecule has 2 aromatic carbocycles. The maximum absolute atomic E-state index is 12.6. The second-order valence-electron chi connectivity index (χ2n) is 7.88. The number of carbonyl (C=O) groups excluding carboxylic acids is 1. The molecule has 1 aromatic heterocycles. The summed E-state index contributed by atoms with van der Waals surface area (Å²) in [6.07, 6.45) is 1.08. The highest BCUT2D eigenvalue weighted by molar-refractivity contribution is 6.31. The summed E-state index contributed by atoms with van der Waals surface area (Å²) in [5.74, 6) is 6.35. The summed E-state index contributed by atoms with van der Waals surface area (Å²) in [6.45, 7) is 8.39. The molecule has 0 saturated carbocycles. The zero-order valence-corrected chi connectivity index (χ0v) is 19.9. The number of aryl methyl sites for hydroxylation is 1. The first kappa shape index (κ1) is 24.5. The first-order valence-electron chi connectivity index (χ1n) is 11.0. The van der Waals surface area contributed by atoms with Gasteiger partial charge in [-0.15, -0.1) is 0 Å². The fourth-order valence-corrected chi connectivity index (χ4v) is 3.78. The van der Waals surface area contributed by atoms with Crippen LogP contribution in [0.25, 0.3) is 10.8 Å². The van der Waals surface area contributed by atoms with E-state index in [2.05, 4.69) is 27.0 Å². The molecule has 0 aliphatic heterocycles. The van der Waals surface area contributed by atoms with Gasteiger partial charge in [0.15, 0.2) is 0 Å². The first-order valence-corrected chi connectivity index (χ1v) is 11.3. The number of aliphatic hydroxyl groups excluding tert-OH is 1. The average molecular weight is 465 g/mol. The van der Waals surface area contributed by atoms with Crippen molar-refractivity contribution in [1.29, 1.82) is 0 Å². The van der Waals surface area contributed by atoms with Crippen molar-refractivity contribution in [3.8, 4) is 11.8 Å². The smallest absolute Gasteiger partial charge is 0.251 e. The Labute approximate surface area is 199 Å². The van der Waals surface area contributed by atoms with Crippen molar-refractivity contribution < 1.29 is 9.90 Å². The molecule has 172 valence electrons. The second-order valence-corrected chi connectivity index (χ2v) is 8.32. The Morgan fingerprint density at radius 1 is 1.21 bits per heavy atom. The third kappa shape index (κ3) is 6.23. The SMILES string of the molecule is CCN(CC)CC(O)CNC(=O)c1ccc(C#Cc2c(N)ncc3ccc(Cl)cc23)cc1C. The van der Waals surface area contributed by atoms with Gasteiger partial charge in [-0.25, -0.2) is 4.98 Å². The lowest BCUT2D eigenvalue weighted by Crippen LogP contribution is -2.40. The number of aliphatic hydroxyl groups is 1. The van der Waals surface area contributed by atoms with Crippen LogP contribution in [0.3, 0.4) is 0 Å². The molecule has 0 aliphatic carbocycles. The minimum atomic E-state index is -0.618. The normalized spacial score (nSPS) is 11.8. The van der Waals surface area contributed by atoms with Gasteiger partial charge < -0.3 is 21.1 Å². The maximum atomic E-state index is 12.6. The van der Waals surface area contributed by atoms with Crippen LogP contribution in [0.1, 0.15) is 40.9 Å². The standard InChI is InChI=1S/C26H29ClN4O2/c1-4-31(5-2)16-21(32)15-30-26(33)22-10-6-18(12-17(22)3)7-11-23-24-13-20(27)9-8-19(24)14-29-25(23)28/h6,8-10,12-14,21,32H,4-5,15-16H2,1-3H3,(H2,28,29)(H,30,33). The molecule has 0 saturated heterocycles. The summed E-state index contributed by atoms with van der Waals surface area (Å²) in [7, 11) is 0. The number of benzene rings is 2. The average Bonchev–Trinajstić information content (AvgIpc) is 2.80. The van der Waals surface area contributed by atoms with E-state index in [-0.39, 0.29) is 12.5 Å². The molecule has 3 rings (SSSR count). The van der Waals surface area contributed by atoms with Gasteiger partial charge in [-0.1, -0.05) is 43.4 Å². The molecular weight excluding hydrogens is 436 g/mol. The Morgan fingerprint density at radius 3 is 2.67 bits per heavy atom. The molecule has 0 spiro atoms. The summed E-state index contributed by atoms with van der Waals surface area (Å²) in [6, 6.07) is 10.9. The van der Waals surface area contributed by atoms with Gasteiger partial charge in [-0.05, 0) is 55.9 Å². The van der Waals surface area contributed by atoms with Crippen LogP contribution < -0.4 is 11.1 Å². The minimum absolute atomic E-state index is 0.201. The van der Waals surface area contributed by atoms with E-state index in [1.54, 1.807) is 24.4 Å². The van der Waals surface area contributed by atoms with Crippen LogP contribution in [0.2, 0.25) is 5.02 Å². The van der Waals surface area contributed by atoms with E-state index in [0.717, 1.165) is 35.0 Å². The first-order chi connectivity index (χ1) is 15.8. The Morgan fingerprint density at radius 2 is 1.97 bits per heavy atom. The fourth-order valence-electron chi connectivity index (χ4n) is 3.61. The highest BCUT2D eigenvalue weighted by atomic mass is 35.5. The van der Waals surface area contributed by atoms with E-state index in [4.69, 9.17) is 17.3 Å². The van der Waals surface area contributed by atoms with Crippen LogP contribution >= 0.6 is 11.6 Å². The number of carbonyl (C=O) groups is 1. The largest absolute Gasteiger partial charge is 0.390 e. The number of rotatable bonds is 7. The van der Waals surface area contributed by atoms with Gasteiger partial charge in [0.25, 0.3) is 5.91 Å². The van der Waals surface area contributed by atoms with Crippen LogP contribution in [-0.4, -0.2) is 53.2 Å². The van der Waals surface area contributed by atoms with Gasteiger partial charge in [0.2, 0.25) is 0 Å². The number of hydrogen-bond donors (Lipinski definition) is 3. The van der Waals surface area contributed by atoms with Crippen molar-refractivity contribution >= 4 is 34.1 Å². The molecule has 7 heteroatoms. The van der Waals surface area contributed by atoms with Crippen LogP contribution in [0.4, 0.5) is 5.82 Å². The second kappa shape index (κ2) is 11.2. The van der Waals surface area contributed by atoms with Gasteiger partial charge in [-0.3, -0.25) is 4.79 Å². The number of aromatic nitrogens is 1. The molecule has 1 unspecified atom stereocenters. The Kier molecular flexibility index (Phi) is 8.29. The van der Waals surface area contributed by atoms with Crippen molar-refractivity contribution in [2.75, 3.05) is 31.9 Å². The molecule has 1 amide bonds. The lowest BCUT2D eigenvalue weighted by molar-refractivity contribution is 0.0869. The molecule has 6 nitrogen and oxygen atoms in total. The van der Waals surface area contributed by atoms with E-state index < -0.39 is 6.10 Å². The molecule has 0 fully saturated rings. The number of nitrogens with two attached hydrogens (primary N) is 1. The number of pyridine rings is 1. The van der Waals surface area contributed by atoms with Gasteiger partial charge in [-0.2, -0.15) is 0 Å². The number of amides is 1. The summed E-state index contributed by atoms with van der Waals surface area (Å²) in [5.41, 5.74) is 8.79. The topological polar surface area (TPSA) is 91.5 Å². The third-order valence-corrected chi connectivity index (χ3v) is 5.78. The molecule has 3 aromatic rings. The number of hydrogen-bond acceptors (Lipinski definition) is 5. The zero-order valence-electron chi connectivity index (χ0n) is 19.2. The molecule has 1 heterocycles. The van der Waals surface area contributed by atoms with Gasteiger partial charge in [0.1, 0.15) is 5.82 Å². The monoisotopic (exact) mass is 464 g/mol. The Bertz CT molecular complexity index is 1210. The maximum Gasteiger partial charge on any atom is 0.251 e. The number of nitrogens with one attached hydrogen (secondary N) is 1. The van der Waals surface area contributed by atoms with E-state index in [1.807, 2.05) is 39.0 Å². The molecule has 0 bridgehead atoms. The third-order valence-electron chi connectivity index (χ3n) is 5.55. The molecule has 1 atom stereocenters. The molecule has 0 aliphatic rings. The summed E-state index contributed by atoms with van der Waals surface area (Å²) in [5, 5.41) is 15.4. The van der Waals surface area contributed by atoms with Gasteiger partial charge >= 0.3 is 0 Å². The fraction of sp³-hybridized carbons (Fsp3) is 0.308. The highest BCUT2D eigenvalue weighted by Gasteiger charge is 2.13. The van der Waals surface area contributed by atoms with E-state index >= 15 is 0 Å². The van der Waals surface area contributed by atoms with E-state index in [0.29, 0.717) is 28.5 Å².